The number of hydrogen-bond donors (Lipinski definition) is 2. The predicted molar refractivity (Wildman–Crippen MR) is 82.0 cm³/mol. The third-order valence-corrected chi connectivity index (χ3v) is 4.84. The van der Waals surface area contributed by atoms with Crippen molar-refractivity contribution < 1.29 is 0 Å². The van der Waals surface area contributed by atoms with Gasteiger partial charge in [0.25, 0.3) is 0 Å². The fourth-order valence-electron chi connectivity index (χ4n) is 1.88. The monoisotopic (exact) mass is 344 g/mol. The highest BCUT2D eigenvalue weighted by Gasteiger charge is 2.15. The van der Waals surface area contributed by atoms with Gasteiger partial charge in [0.2, 0.25) is 0 Å². The Morgan fingerprint density at radius 3 is 2.78 bits per heavy atom. The van der Waals surface area contributed by atoms with Crippen LogP contribution in [0.2, 0.25) is 5.02 Å². The number of halogens is 2. The molecule has 1 atom stereocenters. The predicted octanol–water partition coefficient (Wildman–Crippen LogP) is 4.22. The van der Waals surface area contributed by atoms with Crippen LogP contribution in [0, 0.1) is 6.92 Å². The Bertz CT molecular complexity index is 542. The number of benzene rings is 1. The molecule has 2 nitrogen and oxygen atoms in total. The number of hydrogen-bond acceptors (Lipinski definition) is 3. The molecule has 1 aromatic carbocycles. The summed E-state index contributed by atoms with van der Waals surface area (Å²) in [5, 5.41) is 2.84. The van der Waals surface area contributed by atoms with Crippen LogP contribution < -0.4 is 11.3 Å². The lowest BCUT2D eigenvalue weighted by Crippen LogP contribution is -2.29. The van der Waals surface area contributed by atoms with Gasteiger partial charge in [0.1, 0.15) is 0 Å². The van der Waals surface area contributed by atoms with E-state index in [-0.39, 0.29) is 6.04 Å². The molecule has 0 spiro atoms. The maximum atomic E-state index is 6.24. The molecular formula is C13H14BrClN2S. The van der Waals surface area contributed by atoms with Gasteiger partial charge in [-0.3, -0.25) is 11.3 Å². The van der Waals surface area contributed by atoms with Gasteiger partial charge in [-0.15, -0.1) is 11.3 Å². The Morgan fingerprint density at radius 2 is 2.22 bits per heavy atom. The molecule has 1 aromatic heterocycles. The number of thiophene rings is 1. The van der Waals surface area contributed by atoms with E-state index in [2.05, 4.69) is 39.7 Å². The summed E-state index contributed by atoms with van der Waals surface area (Å²) in [6.45, 7) is 2.10. The molecule has 3 N–H and O–H groups in total. The first-order valence-corrected chi connectivity index (χ1v) is 7.61. The summed E-state index contributed by atoms with van der Waals surface area (Å²) in [4.78, 5) is 1.26. The molecule has 0 amide bonds. The molecule has 0 saturated heterocycles. The maximum absolute atomic E-state index is 6.24. The van der Waals surface area contributed by atoms with Crippen molar-refractivity contribution in [2.45, 2.75) is 19.4 Å². The number of hydrazine groups is 1. The highest BCUT2D eigenvalue weighted by atomic mass is 79.9. The zero-order valence-electron chi connectivity index (χ0n) is 9.91. The average Bonchev–Trinajstić information content (AvgIpc) is 2.75. The smallest absolute Gasteiger partial charge is 0.0596 e. The van der Waals surface area contributed by atoms with E-state index in [1.54, 1.807) is 11.3 Å². The topological polar surface area (TPSA) is 38.0 Å². The van der Waals surface area contributed by atoms with Crippen molar-refractivity contribution in [1.82, 2.24) is 5.43 Å². The van der Waals surface area contributed by atoms with Crippen molar-refractivity contribution in [1.29, 1.82) is 0 Å². The van der Waals surface area contributed by atoms with E-state index < -0.39 is 0 Å². The van der Waals surface area contributed by atoms with E-state index >= 15 is 0 Å². The summed E-state index contributed by atoms with van der Waals surface area (Å²) >= 11 is 11.4. The normalized spacial score (nSPS) is 12.7. The Balaban J connectivity index is 2.23. The van der Waals surface area contributed by atoms with Crippen molar-refractivity contribution in [3.05, 3.63) is 55.1 Å². The summed E-state index contributed by atoms with van der Waals surface area (Å²) < 4.78 is 0.987. The summed E-state index contributed by atoms with van der Waals surface area (Å²) in [7, 11) is 0. The van der Waals surface area contributed by atoms with Gasteiger partial charge in [-0.05, 0) is 48.1 Å². The summed E-state index contributed by atoms with van der Waals surface area (Å²) in [5.74, 6) is 5.67. The number of aryl methyl sites for hydroxylation is 1. The zero-order valence-corrected chi connectivity index (χ0v) is 13.1. The molecule has 0 aliphatic rings. The van der Waals surface area contributed by atoms with Crippen molar-refractivity contribution >= 4 is 38.9 Å². The fourth-order valence-corrected chi connectivity index (χ4v) is 3.61. The molecule has 0 fully saturated rings. The molecule has 0 radical (unpaired) electrons. The molecule has 2 aromatic rings. The van der Waals surface area contributed by atoms with E-state index in [0.29, 0.717) is 0 Å². The molecule has 96 valence electrons. The number of nitrogens with two attached hydrogens (primary N) is 1. The second kappa shape index (κ2) is 6.17. The van der Waals surface area contributed by atoms with Gasteiger partial charge >= 0.3 is 0 Å². The lowest BCUT2D eigenvalue weighted by molar-refractivity contribution is 0.558. The molecule has 1 heterocycles. The van der Waals surface area contributed by atoms with Gasteiger partial charge in [-0.1, -0.05) is 33.6 Å². The number of nitrogens with one attached hydrogen (secondary N) is 1. The van der Waals surface area contributed by atoms with Gasteiger partial charge in [-0.25, -0.2) is 0 Å². The van der Waals surface area contributed by atoms with Crippen molar-refractivity contribution in [2.75, 3.05) is 0 Å². The third-order valence-electron chi connectivity index (χ3n) is 2.86. The molecule has 1 unspecified atom stereocenters. The van der Waals surface area contributed by atoms with Crippen LogP contribution in [0.1, 0.15) is 22.0 Å². The molecule has 0 aliphatic heterocycles. The Hall–Kier alpha value is -0.390. The molecule has 18 heavy (non-hydrogen) atoms. The van der Waals surface area contributed by atoms with Crippen molar-refractivity contribution in [3.63, 3.8) is 0 Å². The van der Waals surface area contributed by atoms with Gasteiger partial charge in [0.15, 0.2) is 0 Å². The van der Waals surface area contributed by atoms with Crippen LogP contribution in [0.4, 0.5) is 0 Å². The minimum absolute atomic E-state index is 0.101. The van der Waals surface area contributed by atoms with Crippen LogP contribution >= 0.6 is 38.9 Å². The summed E-state index contributed by atoms with van der Waals surface area (Å²) in [5.41, 5.74) is 5.23. The second-order valence-corrected chi connectivity index (χ2v) is 6.40. The first kappa shape index (κ1) is 14.0. The van der Waals surface area contributed by atoms with Crippen LogP contribution in [0.15, 0.2) is 34.1 Å². The third kappa shape index (κ3) is 3.13. The quantitative estimate of drug-likeness (QED) is 0.643. The largest absolute Gasteiger partial charge is 0.271 e. The Labute approximate surface area is 124 Å². The first-order chi connectivity index (χ1) is 8.61. The van der Waals surface area contributed by atoms with Crippen LogP contribution in [-0.2, 0) is 6.42 Å². The van der Waals surface area contributed by atoms with E-state index in [1.807, 2.05) is 18.2 Å². The van der Waals surface area contributed by atoms with Gasteiger partial charge in [0.05, 0.1) is 6.04 Å². The Kier molecular flexibility index (Phi) is 4.81. The zero-order chi connectivity index (χ0) is 13.1. The van der Waals surface area contributed by atoms with Gasteiger partial charge in [0, 0.05) is 14.4 Å². The maximum Gasteiger partial charge on any atom is 0.0596 e. The fraction of sp³-hybridized carbons (Fsp3) is 0.231. The average molecular weight is 346 g/mol. The lowest BCUT2D eigenvalue weighted by atomic mass is 10.0. The van der Waals surface area contributed by atoms with Crippen LogP contribution in [-0.4, -0.2) is 0 Å². The summed E-state index contributed by atoms with van der Waals surface area (Å²) in [6.07, 6.45) is 0.782. The molecule has 0 bridgehead atoms. The summed E-state index contributed by atoms with van der Waals surface area (Å²) in [6, 6.07) is 8.14. The van der Waals surface area contributed by atoms with Crippen LogP contribution in [0.25, 0.3) is 0 Å². The first-order valence-electron chi connectivity index (χ1n) is 5.56. The molecular weight excluding hydrogens is 332 g/mol. The van der Waals surface area contributed by atoms with Crippen LogP contribution in [0.5, 0.6) is 0 Å². The molecule has 0 aliphatic carbocycles. The molecule has 0 saturated carbocycles. The van der Waals surface area contributed by atoms with Gasteiger partial charge in [-0.2, -0.15) is 0 Å². The SMILES string of the molecule is Cc1ccsc1C(Cc1ccc(Br)cc1Cl)NN. The lowest BCUT2D eigenvalue weighted by Gasteiger charge is -2.16. The van der Waals surface area contributed by atoms with Gasteiger partial charge < -0.3 is 0 Å². The van der Waals surface area contributed by atoms with Crippen molar-refractivity contribution in [3.8, 4) is 0 Å². The Morgan fingerprint density at radius 1 is 1.44 bits per heavy atom. The van der Waals surface area contributed by atoms with Crippen molar-refractivity contribution in [2.24, 2.45) is 5.84 Å². The van der Waals surface area contributed by atoms with E-state index in [4.69, 9.17) is 17.4 Å². The minimum atomic E-state index is 0.101. The molecule has 5 heteroatoms. The standard InChI is InChI=1S/C13H14BrClN2S/c1-8-4-5-18-13(8)12(17-16)6-9-2-3-10(14)7-11(9)15/h2-5,7,12,17H,6,16H2,1H3. The molecule has 2 rings (SSSR count). The van der Waals surface area contributed by atoms with Crippen LogP contribution in [0.3, 0.4) is 0 Å². The van der Waals surface area contributed by atoms with E-state index in [0.717, 1.165) is 21.5 Å². The van der Waals surface area contributed by atoms with E-state index in [1.165, 1.54) is 10.4 Å². The highest BCUT2D eigenvalue weighted by molar-refractivity contribution is 9.10. The second-order valence-electron chi connectivity index (χ2n) is 4.13. The van der Waals surface area contributed by atoms with E-state index in [9.17, 15) is 0 Å². The highest BCUT2D eigenvalue weighted by Crippen LogP contribution is 2.29. The number of rotatable bonds is 4. The minimum Gasteiger partial charge on any atom is -0.271 e.